The zero-order valence-electron chi connectivity index (χ0n) is 18.9. The van der Waals surface area contributed by atoms with E-state index in [2.05, 4.69) is 42.2 Å². The first-order valence-corrected chi connectivity index (χ1v) is 12.9. The molecule has 3 rings (SSSR count). The molecule has 1 aromatic heterocycles. The number of fused-ring (bicyclic) bond motifs is 3. The zero-order chi connectivity index (χ0) is 21.0. The maximum Gasteiger partial charge on any atom is 0.0467 e. The van der Waals surface area contributed by atoms with Crippen molar-refractivity contribution in [1.29, 1.82) is 0 Å². The molecular weight excluding hydrogens is 386 g/mol. The monoisotopic (exact) mass is 425 g/mol. The molecule has 0 aliphatic heterocycles. The van der Waals surface area contributed by atoms with E-state index in [0.29, 0.717) is 0 Å². The molecule has 0 unspecified atom stereocenters. The third-order valence-electron chi connectivity index (χ3n) is 6.44. The molecule has 0 aliphatic rings. The Kier molecular flexibility index (Phi) is 10.1. The summed E-state index contributed by atoms with van der Waals surface area (Å²) in [5, 5.41) is 3.30. The van der Waals surface area contributed by atoms with Gasteiger partial charge < -0.3 is 4.98 Å². The van der Waals surface area contributed by atoms with Gasteiger partial charge in [-0.3, -0.25) is 0 Å². The Morgan fingerprint density at radius 3 is 1.83 bits per heavy atom. The van der Waals surface area contributed by atoms with Crippen LogP contribution in [0, 0.1) is 0 Å². The van der Waals surface area contributed by atoms with Crippen LogP contribution in [0.5, 0.6) is 0 Å². The van der Waals surface area contributed by atoms with E-state index in [1.165, 1.54) is 124 Å². The third-order valence-corrected chi connectivity index (χ3v) is 6.68. The highest BCUT2D eigenvalue weighted by Gasteiger charge is 2.05. The largest absolute Gasteiger partial charge is 0.355 e. The van der Waals surface area contributed by atoms with Crippen LogP contribution in [0.25, 0.3) is 21.8 Å². The first-order valence-electron chi connectivity index (χ1n) is 12.5. The quantitative estimate of drug-likeness (QED) is 0.233. The second kappa shape index (κ2) is 13.1. The lowest BCUT2D eigenvalue weighted by molar-refractivity contribution is 0.535. The Hall–Kier alpha value is -1.47. The molecular formula is C28H40ClN. The van der Waals surface area contributed by atoms with Gasteiger partial charge in [-0.1, -0.05) is 114 Å². The highest BCUT2D eigenvalue weighted by molar-refractivity contribution is 6.31. The minimum Gasteiger partial charge on any atom is -0.355 e. The molecule has 0 saturated carbocycles. The van der Waals surface area contributed by atoms with Crippen molar-refractivity contribution in [2.24, 2.45) is 0 Å². The molecule has 0 spiro atoms. The van der Waals surface area contributed by atoms with Gasteiger partial charge >= 0.3 is 0 Å². The number of aromatic nitrogens is 1. The Labute approximate surface area is 188 Å². The second-order valence-corrected chi connectivity index (χ2v) is 9.48. The number of rotatable bonds is 15. The molecule has 2 heteroatoms. The highest BCUT2D eigenvalue weighted by atomic mass is 35.5. The van der Waals surface area contributed by atoms with Crippen LogP contribution in [0.2, 0.25) is 5.02 Å². The molecule has 164 valence electrons. The molecule has 0 bridgehead atoms. The fourth-order valence-electron chi connectivity index (χ4n) is 4.60. The van der Waals surface area contributed by atoms with E-state index in [4.69, 9.17) is 11.6 Å². The van der Waals surface area contributed by atoms with E-state index in [-0.39, 0.29) is 0 Å². The van der Waals surface area contributed by atoms with Gasteiger partial charge in [0.1, 0.15) is 0 Å². The maximum absolute atomic E-state index is 6.17. The van der Waals surface area contributed by atoms with Crippen LogP contribution in [0.15, 0.2) is 36.4 Å². The van der Waals surface area contributed by atoms with Gasteiger partial charge in [-0.25, -0.2) is 0 Å². The van der Waals surface area contributed by atoms with Crippen LogP contribution in [-0.2, 0) is 6.42 Å². The van der Waals surface area contributed by atoms with E-state index >= 15 is 0 Å². The smallest absolute Gasteiger partial charge is 0.0467 e. The van der Waals surface area contributed by atoms with Crippen LogP contribution >= 0.6 is 11.6 Å². The minimum absolute atomic E-state index is 0.801. The summed E-state index contributed by atoms with van der Waals surface area (Å²) >= 11 is 6.17. The summed E-state index contributed by atoms with van der Waals surface area (Å²) in [6.07, 6.45) is 21.0. The van der Waals surface area contributed by atoms with Gasteiger partial charge in [-0.05, 0) is 42.7 Å². The number of aromatic amines is 1. The number of hydrogen-bond donors (Lipinski definition) is 1. The van der Waals surface area contributed by atoms with Crippen LogP contribution in [0.3, 0.4) is 0 Å². The van der Waals surface area contributed by atoms with Gasteiger partial charge in [0.25, 0.3) is 0 Å². The molecule has 0 saturated heterocycles. The fourth-order valence-corrected chi connectivity index (χ4v) is 4.77. The first-order chi connectivity index (χ1) is 14.8. The Bertz CT molecular complexity index is 879. The molecule has 1 heterocycles. The number of hydrogen-bond acceptors (Lipinski definition) is 0. The number of halogens is 1. The average molecular weight is 426 g/mol. The lowest BCUT2D eigenvalue weighted by Gasteiger charge is -2.04. The molecule has 3 aromatic rings. The molecule has 0 aliphatic carbocycles. The van der Waals surface area contributed by atoms with E-state index in [1.807, 2.05) is 6.07 Å². The van der Waals surface area contributed by atoms with Gasteiger partial charge in [0, 0.05) is 26.8 Å². The van der Waals surface area contributed by atoms with Gasteiger partial charge in [-0.15, -0.1) is 0 Å². The summed E-state index contributed by atoms with van der Waals surface area (Å²) in [4.78, 5) is 3.54. The molecule has 0 fully saturated rings. The van der Waals surface area contributed by atoms with Crippen molar-refractivity contribution in [3.05, 3.63) is 47.0 Å². The number of nitrogens with one attached hydrogen (secondary N) is 1. The summed E-state index contributed by atoms with van der Waals surface area (Å²) in [5.41, 5.74) is 3.84. The van der Waals surface area contributed by atoms with Crippen molar-refractivity contribution in [2.45, 2.75) is 103 Å². The van der Waals surface area contributed by atoms with E-state index in [1.54, 1.807) is 0 Å². The van der Waals surface area contributed by atoms with E-state index in [0.717, 1.165) is 5.02 Å². The Morgan fingerprint density at radius 1 is 0.600 bits per heavy atom. The van der Waals surface area contributed by atoms with Crippen molar-refractivity contribution in [1.82, 2.24) is 4.98 Å². The van der Waals surface area contributed by atoms with Crippen molar-refractivity contribution in [2.75, 3.05) is 0 Å². The third kappa shape index (κ3) is 7.34. The molecule has 30 heavy (non-hydrogen) atoms. The first kappa shape index (κ1) is 23.2. The summed E-state index contributed by atoms with van der Waals surface area (Å²) in [6.45, 7) is 2.29. The lowest BCUT2D eigenvalue weighted by atomic mass is 10.0. The molecule has 0 atom stereocenters. The number of aryl methyl sites for hydroxylation is 1. The Balaban J connectivity index is 1.25. The standard InChI is InChI=1S/C28H40ClN/c1-2-3-4-5-6-7-8-9-10-11-12-13-14-15-16-23-17-19-25-26-22-24(29)18-20-27(26)30-28(25)21-23/h17-22,30H,2-16H2,1H3. The van der Waals surface area contributed by atoms with Crippen LogP contribution in [-0.4, -0.2) is 4.98 Å². The zero-order valence-corrected chi connectivity index (χ0v) is 19.7. The maximum atomic E-state index is 6.17. The van der Waals surface area contributed by atoms with Crippen LogP contribution in [0.4, 0.5) is 0 Å². The van der Waals surface area contributed by atoms with Gasteiger partial charge in [-0.2, -0.15) is 0 Å². The normalized spacial score (nSPS) is 11.7. The summed E-state index contributed by atoms with van der Waals surface area (Å²) in [6, 6.07) is 13.0. The Morgan fingerprint density at radius 2 is 1.20 bits per heavy atom. The van der Waals surface area contributed by atoms with Crippen molar-refractivity contribution in [3.63, 3.8) is 0 Å². The summed E-state index contributed by atoms with van der Waals surface area (Å²) < 4.78 is 0. The summed E-state index contributed by atoms with van der Waals surface area (Å²) in [5.74, 6) is 0. The summed E-state index contributed by atoms with van der Waals surface area (Å²) in [7, 11) is 0. The van der Waals surface area contributed by atoms with Gasteiger partial charge in [0.15, 0.2) is 0 Å². The van der Waals surface area contributed by atoms with E-state index in [9.17, 15) is 0 Å². The number of benzene rings is 2. The topological polar surface area (TPSA) is 15.8 Å². The highest BCUT2D eigenvalue weighted by Crippen LogP contribution is 2.28. The van der Waals surface area contributed by atoms with Crippen LogP contribution < -0.4 is 0 Å². The number of unbranched alkanes of at least 4 members (excludes halogenated alkanes) is 13. The minimum atomic E-state index is 0.801. The SMILES string of the molecule is CCCCCCCCCCCCCCCCc1ccc2c(c1)[nH]c1ccc(Cl)cc12. The van der Waals surface area contributed by atoms with Crippen LogP contribution in [0.1, 0.15) is 102 Å². The molecule has 0 amide bonds. The molecule has 1 nitrogen and oxygen atoms in total. The van der Waals surface area contributed by atoms with E-state index < -0.39 is 0 Å². The van der Waals surface area contributed by atoms with Crippen molar-refractivity contribution in [3.8, 4) is 0 Å². The predicted molar refractivity (Wildman–Crippen MR) is 135 cm³/mol. The van der Waals surface area contributed by atoms with Gasteiger partial charge in [0.05, 0.1) is 0 Å². The van der Waals surface area contributed by atoms with Crippen molar-refractivity contribution >= 4 is 33.4 Å². The average Bonchev–Trinajstić information content (AvgIpc) is 3.11. The molecule has 0 radical (unpaired) electrons. The molecule has 1 N–H and O–H groups in total. The number of H-pyrrole nitrogens is 1. The lowest BCUT2D eigenvalue weighted by Crippen LogP contribution is -1.87. The predicted octanol–water partition coefficient (Wildman–Crippen LogP) is 10.00. The fraction of sp³-hybridized carbons (Fsp3) is 0.571. The second-order valence-electron chi connectivity index (χ2n) is 9.04. The van der Waals surface area contributed by atoms with Crippen molar-refractivity contribution < 1.29 is 0 Å². The molecule has 2 aromatic carbocycles. The van der Waals surface area contributed by atoms with Gasteiger partial charge in [0.2, 0.25) is 0 Å².